The van der Waals surface area contributed by atoms with Crippen molar-refractivity contribution in [1.82, 2.24) is 0 Å². The Morgan fingerprint density at radius 2 is 2.25 bits per heavy atom. The minimum absolute atomic E-state index is 0.0660. The molecule has 1 heterocycles. The van der Waals surface area contributed by atoms with E-state index in [2.05, 4.69) is 9.99 Å². The molecule has 1 aromatic rings. The minimum Gasteiger partial charge on any atom is -0.478 e. The first-order chi connectivity index (χ1) is 7.59. The average molecular weight is 227 g/mol. The third-order valence-corrected chi connectivity index (χ3v) is 2.21. The molecule has 84 valence electrons. The Kier molecular flexibility index (Phi) is 2.55. The highest BCUT2D eigenvalue weighted by atomic mass is 19.2. The molecule has 0 radical (unpaired) electrons. The maximum absolute atomic E-state index is 13.3. The van der Waals surface area contributed by atoms with E-state index in [1.807, 2.05) is 0 Å². The third-order valence-electron chi connectivity index (χ3n) is 2.21. The molecular formula is C10H7F2NO3. The summed E-state index contributed by atoms with van der Waals surface area (Å²) in [6, 6.07) is 3.62. The van der Waals surface area contributed by atoms with Crippen LogP contribution < -0.4 is 0 Å². The summed E-state index contributed by atoms with van der Waals surface area (Å²) in [5, 5.41) is 12.1. The zero-order chi connectivity index (χ0) is 11.7. The van der Waals surface area contributed by atoms with E-state index in [1.54, 1.807) is 0 Å². The molecule has 1 unspecified atom stereocenters. The van der Waals surface area contributed by atoms with Crippen LogP contribution in [0, 0.1) is 11.6 Å². The van der Waals surface area contributed by atoms with Crippen LogP contribution in [0.5, 0.6) is 0 Å². The van der Waals surface area contributed by atoms with Crippen molar-refractivity contribution >= 4 is 11.7 Å². The van der Waals surface area contributed by atoms with E-state index >= 15 is 0 Å². The second-order valence-corrected chi connectivity index (χ2v) is 3.28. The van der Waals surface area contributed by atoms with E-state index in [4.69, 9.17) is 5.11 Å². The summed E-state index contributed by atoms with van der Waals surface area (Å²) in [7, 11) is 0. The van der Waals surface area contributed by atoms with Crippen LogP contribution in [0.4, 0.5) is 8.78 Å². The smallest absolute Gasteiger partial charge is 0.348 e. The molecule has 0 saturated heterocycles. The summed E-state index contributed by atoms with van der Waals surface area (Å²) in [6.45, 7) is 0. The van der Waals surface area contributed by atoms with Crippen LogP contribution >= 0.6 is 0 Å². The molecule has 1 aliphatic heterocycles. The van der Waals surface area contributed by atoms with Crippen LogP contribution in [-0.4, -0.2) is 22.9 Å². The SMILES string of the molecule is O=C(O)C1CC(c2cccc(F)c2F)=NO1. The van der Waals surface area contributed by atoms with Gasteiger partial charge in [-0.3, -0.25) is 0 Å². The van der Waals surface area contributed by atoms with E-state index in [0.717, 1.165) is 6.07 Å². The fraction of sp³-hybridized carbons (Fsp3) is 0.200. The lowest BCUT2D eigenvalue weighted by Crippen LogP contribution is -2.20. The second-order valence-electron chi connectivity index (χ2n) is 3.28. The summed E-state index contributed by atoms with van der Waals surface area (Å²) >= 11 is 0. The molecular weight excluding hydrogens is 220 g/mol. The first-order valence-electron chi connectivity index (χ1n) is 4.49. The Morgan fingerprint density at radius 3 is 2.88 bits per heavy atom. The fourth-order valence-electron chi connectivity index (χ4n) is 1.40. The van der Waals surface area contributed by atoms with Crippen LogP contribution in [-0.2, 0) is 9.63 Å². The molecule has 2 rings (SSSR count). The van der Waals surface area contributed by atoms with Gasteiger partial charge in [-0.1, -0.05) is 11.2 Å². The highest BCUT2D eigenvalue weighted by Crippen LogP contribution is 2.20. The Morgan fingerprint density at radius 1 is 1.50 bits per heavy atom. The van der Waals surface area contributed by atoms with Crippen molar-refractivity contribution in [2.45, 2.75) is 12.5 Å². The quantitative estimate of drug-likeness (QED) is 0.833. The van der Waals surface area contributed by atoms with Gasteiger partial charge in [0.1, 0.15) is 0 Å². The van der Waals surface area contributed by atoms with Crippen LogP contribution in [0.2, 0.25) is 0 Å². The Labute approximate surface area is 89.1 Å². The van der Waals surface area contributed by atoms with Gasteiger partial charge in [0.05, 0.1) is 5.71 Å². The molecule has 0 saturated carbocycles. The Hall–Kier alpha value is -1.98. The van der Waals surface area contributed by atoms with E-state index in [1.165, 1.54) is 12.1 Å². The van der Waals surface area contributed by atoms with Crippen LogP contribution in [0.25, 0.3) is 0 Å². The Bertz CT molecular complexity index is 473. The summed E-state index contributed by atoms with van der Waals surface area (Å²) in [5.74, 6) is -3.23. The van der Waals surface area contributed by atoms with Crippen LogP contribution in [0.15, 0.2) is 23.4 Å². The van der Waals surface area contributed by atoms with Gasteiger partial charge in [-0.15, -0.1) is 0 Å². The maximum atomic E-state index is 13.3. The normalized spacial score (nSPS) is 19.1. The number of carboxylic acids is 1. The van der Waals surface area contributed by atoms with E-state index in [9.17, 15) is 13.6 Å². The largest absolute Gasteiger partial charge is 0.478 e. The standard InChI is InChI=1S/C10H7F2NO3/c11-6-3-1-2-5(9(6)12)7-4-8(10(14)15)16-13-7/h1-3,8H,4H2,(H,14,15). The molecule has 0 spiro atoms. The summed E-state index contributed by atoms with van der Waals surface area (Å²) in [4.78, 5) is 15.1. The molecule has 1 aliphatic rings. The van der Waals surface area contributed by atoms with Crippen molar-refractivity contribution in [3.63, 3.8) is 0 Å². The molecule has 0 bridgehead atoms. The zero-order valence-electron chi connectivity index (χ0n) is 7.98. The number of oxime groups is 1. The lowest BCUT2D eigenvalue weighted by atomic mass is 10.0. The van der Waals surface area contributed by atoms with Crippen LogP contribution in [0.1, 0.15) is 12.0 Å². The van der Waals surface area contributed by atoms with Gasteiger partial charge in [-0.2, -0.15) is 0 Å². The van der Waals surface area contributed by atoms with Crippen molar-refractivity contribution in [1.29, 1.82) is 0 Å². The number of hydrogen-bond donors (Lipinski definition) is 1. The molecule has 4 nitrogen and oxygen atoms in total. The fourth-order valence-corrected chi connectivity index (χ4v) is 1.40. The predicted octanol–water partition coefficient (Wildman–Crippen LogP) is 1.54. The number of benzene rings is 1. The first-order valence-corrected chi connectivity index (χ1v) is 4.49. The Balaban J connectivity index is 2.27. The van der Waals surface area contributed by atoms with Gasteiger partial charge in [0.2, 0.25) is 6.10 Å². The lowest BCUT2D eigenvalue weighted by molar-refractivity contribution is -0.148. The van der Waals surface area contributed by atoms with Crippen molar-refractivity contribution in [2.24, 2.45) is 5.16 Å². The van der Waals surface area contributed by atoms with Crippen molar-refractivity contribution < 1.29 is 23.5 Å². The average Bonchev–Trinajstić information content (AvgIpc) is 2.71. The van der Waals surface area contributed by atoms with Gasteiger partial charge in [-0.25, -0.2) is 13.6 Å². The molecule has 0 aliphatic carbocycles. The van der Waals surface area contributed by atoms with Gasteiger partial charge in [0.15, 0.2) is 11.6 Å². The number of nitrogens with zero attached hydrogens (tertiary/aromatic N) is 1. The molecule has 1 N–H and O–H groups in total. The number of carbonyl (C=O) groups is 1. The van der Waals surface area contributed by atoms with Gasteiger partial charge >= 0.3 is 5.97 Å². The zero-order valence-corrected chi connectivity index (χ0v) is 7.98. The summed E-state index contributed by atoms with van der Waals surface area (Å²) in [6.07, 6.45) is -1.20. The number of halogens is 2. The van der Waals surface area contributed by atoms with Gasteiger partial charge < -0.3 is 9.94 Å². The summed E-state index contributed by atoms with van der Waals surface area (Å²) in [5.41, 5.74) is 0.0353. The monoisotopic (exact) mass is 227 g/mol. The maximum Gasteiger partial charge on any atom is 0.348 e. The van der Waals surface area contributed by atoms with Crippen molar-refractivity contribution in [3.8, 4) is 0 Å². The minimum atomic E-state index is -1.18. The van der Waals surface area contributed by atoms with Gasteiger partial charge in [0.25, 0.3) is 0 Å². The molecule has 1 atom stereocenters. The summed E-state index contributed by atoms with van der Waals surface area (Å²) < 4.78 is 26.2. The van der Waals surface area contributed by atoms with Crippen molar-refractivity contribution in [3.05, 3.63) is 35.4 Å². The second kappa shape index (κ2) is 3.88. The van der Waals surface area contributed by atoms with E-state index in [-0.39, 0.29) is 17.7 Å². The molecule has 6 heteroatoms. The third kappa shape index (κ3) is 1.73. The number of rotatable bonds is 2. The van der Waals surface area contributed by atoms with Crippen LogP contribution in [0.3, 0.4) is 0 Å². The topological polar surface area (TPSA) is 58.9 Å². The molecule has 0 aromatic heterocycles. The number of carboxylic acid groups (broad SMARTS) is 1. The van der Waals surface area contributed by atoms with E-state index in [0.29, 0.717) is 0 Å². The van der Waals surface area contributed by atoms with Gasteiger partial charge in [0, 0.05) is 12.0 Å². The molecule has 0 fully saturated rings. The van der Waals surface area contributed by atoms with E-state index < -0.39 is 23.7 Å². The van der Waals surface area contributed by atoms with Crippen molar-refractivity contribution in [2.75, 3.05) is 0 Å². The highest BCUT2D eigenvalue weighted by molar-refractivity contribution is 6.03. The number of hydrogen-bond acceptors (Lipinski definition) is 3. The molecule has 16 heavy (non-hydrogen) atoms. The lowest BCUT2D eigenvalue weighted by Gasteiger charge is -2.02. The van der Waals surface area contributed by atoms with Gasteiger partial charge in [-0.05, 0) is 12.1 Å². The molecule has 0 amide bonds. The predicted molar refractivity (Wildman–Crippen MR) is 50.0 cm³/mol. The molecule has 1 aromatic carbocycles. The first kappa shape index (κ1) is 10.5. The highest BCUT2D eigenvalue weighted by Gasteiger charge is 2.30. The number of aliphatic carboxylic acids is 1.